The van der Waals surface area contributed by atoms with Crippen molar-refractivity contribution in [3.63, 3.8) is 0 Å². The molecule has 1 aliphatic rings. The predicted molar refractivity (Wildman–Crippen MR) is 109 cm³/mol. The quantitative estimate of drug-likeness (QED) is 0.712. The lowest BCUT2D eigenvalue weighted by Gasteiger charge is -2.38. The highest BCUT2D eigenvalue weighted by Crippen LogP contribution is 2.26. The van der Waals surface area contributed by atoms with Crippen molar-refractivity contribution in [2.24, 2.45) is 0 Å². The molecule has 0 radical (unpaired) electrons. The number of urea groups is 1. The minimum atomic E-state index is -1.14. The zero-order valence-electron chi connectivity index (χ0n) is 15.8. The van der Waals surface area contributed by atoms with E-state index < -0.39 is 12.1 Å². The van der Waals surface area contributed by atoms with Gasteiger partial charge in [0.05, 0.1) is 6.04 Å². The van der Waals surface area contributed by atoms with Crippen LogP contribution in [-0.4, -0.2) is 53.1 Å². The van der Waals surface area contributed by atoms with Crippen LogP contribution < -0.4 is 10.6 Å². The van der Waals surface area contributed by atoms with E-state index in [1.54, 1.807) is 43.4 Å². The molecule has 8 nitrogen and oxygen atoms in total. The fourth-order valence-electron chi connectivity index (χ4n) is 3.07. The Kier molecular flexibility index (Phi) is 6.23. The van der Waals surface area contributed by atoms with Gasteiger partial charge in [0.15, 0.2) is 0 Å². The van der Waals surface area contributed by atoms with Crippen molar-refractivity contribution in [2.45, 2.75) is 12.6 Å². The van der Waals surface area contributed by atoms with Crippen LogP contribution in [0.2, 0.25) is 5.02 Å². The Morgan fingerprint density at radius 1 is 1.14 bits per heavy atom. The summed E-state index contributed by atoms with van der Waals surface area (Å²) in [5.41, 5.74) is 2.24. The van der Waals surface area contributed by atoms with E-state index in [1.165, 1.54) is 4.90 Å². The molecule has 1 heterocycles. The Morgan fingerprint density at radius 2 is 1.79 bits per heavy atom. The van der Waals surface area contributed by atoms with Gasteiger partial charge in [-0.2, -0.15) is 0 Å². The monoisotopic (exact) mass is 416 g/mol. The molecule has 0 saturated carbocycles. The fourth-order valence-corrected chi connectivity index (χ4v) is 3.20. The average Bonchev–Trinajstić information content (AvgIpc) is 2.70. The number of carboxylic acid groups (broad SMARTS) is 1. The molecule has 2 aromatic carbocycles. The van der Waals surface area contributed by atoms with Gasteiger partial charge in [-0.05, 0) is 35.4 Å². The summed E-state index contributed by atoms with van der Waals surface area (Å²) in [7, 11) is 1.65. The number of piperazine rings is 1. The first kappa shape index (κ1) is 20.5. The number of nitrogens with zero attached hydrogens (tertiary/aromatic N) is 2. The largest absolute Gasteiger partial charge is 0.465 e. The second kappa shape index (κ2) is 8.83. The van der Waals surface area contributed by atoms with E-state index in [1.807, 2.05) is 12.1 Å². The number of anilines is 1. The molecule has 1 aliphatic heterocycles. The smallest absolute Gasteiger partial charge is 0.408 e. The minimum absolute atomic E-state index is 0.177. The molecule has 1 fully saturated rings. The van der Waals surface area contributed by atoms with Gasteiger partial charge >= 0.3 is 12.1 Å². The van der Waals surface area contributed by atoms with Crippen molar-refractivity contribution in [3.8, 4) is 0 Å². The Bertz CT molecular complexity index is 902. The van der Waals surface area contributed by atoms with Crippen LogP contribution in [0.15, 0.2) is 48.5 Å². The van der Waals surface area contributed by atoms with E-state index in [9.17, 15) is 19.5 Å². The molecule has 0 spiro atoms. The van der Waals surface area contributed by atoms with Crippen molar-refractivity contribution in [2.75, 3.05) is 25.5 Å². The molecule has 29 heavy (non-hydrogen) atoms. The summed E-state index contributed by atoms with van der Waals surface area (Å²) in [5, 5.41) is 15.5. The molecular weight excluding hydrogens is 396 g/mol. The fraction of sp³-hybridized carbons (Fsp3) is 0.250. The van der Waals surface area contributed by atoms with Gasteiger partial charge in [0.1, 0.15) is 6.54 Å². The number of amides is 4. The van der Waals surface area contributed by atoms with Crippen molar-refractivity contribution in [1.82, 2.24) is 15.1 Å². The predicted octanol–water partition coefficient (Wildman–Crippen LogP) is 3.15. The number of halogens is 1. The molecule has 0 aliphatic carbocycles. The van der Waals surface area contributed by atoms with Gasteiger partial charge in [0, 0.05) is 30.8 Å². The lowest BCUT2D eigenvalue weighted by Crippen LogP contribution is -2.52. The van der Waals surface area contributed by atoms with Gasteiger partial charge in [-0.3, -0.25) is 9.69 Å². The topological polar surface area (TPSA) is 102 Å². The number of rotatable bonds is 4. The number of carbonyl (C=O) groups is 3. The molecule has 1 saturated heterocycles. The van der Waals surface area contributed by atoms with E-state index in [-0.39, 0.29) is 25.0 Å². The van der Waals surface area contributed by atoms with E-state index >= 15 is 0 Å². The van der Waals surface area contributed by atoms with Gasteiger partial charge in [-0.15, -0.1) is 0 Å². The molecular formula is C20H21ClN4O4. The zero-order valence-corrected chi connectivity index (χ0v) is 16.5. The second-order valence-electron chi connectivity index (χ2n) is 6.76. The molecule has 3 rings (SSSR count). The first-order valence-electron chi connectivity index (χ1n) is 8.96. The maximum Gasteiger partial charge on any atom is 0.408 e. The molecule has 1 atom stereocenters. The third-order valence-electron chi connectivity index (χ3n) is 4.72. The number of carbonyl (C=O) groups excluding carboxylic acids is 2. The first-order chi connectivity index (χ1) is 13.8. The Morgan fingerprint density at radius 3 is 2.41 bits per heavy atom. The Labute approximate surface area is 173 Å². The highest BCUT2D eigenvalue weighted by Gasteiger charge is 2.34. The molecule has 0 aromatic heterocycles. The molecule has 4 amide bonds. The van der Waals surface area contributed by atoms with Gasteiger partial charge in [-0.25, -0.2) is 9.59 Å². The van der Waals surface area contributed by atoms with Crippen molar-refractivity contribution in [3.05, 3.63) is 64.7 Å². The molecule has 3 N–H and O–H groups in total. The van der Waals surface area contributed by atoms with Gasteiger partial charge in [0.2, 0.25) is 5.91 Å². The average molecular weight is 417 g/mol. The summed E-state index contributed by atoms with van der Waals surface area (Å²) in [6.45, 7) is 0.459. The van der Waals surface area contributed by atoms with Crippen LogP contribution in [0.1, 0.15) is 17.2 Å². The van der Waals surface area contributed by atoms with Crippen LogP contribution in [-0.2, 0) is 11.3 Å². The zero-order chi connectivity index (χ0) is 21.0. The van der Waals surface area contributed by atoms with Crippen LogP contribution in [0.25, 0.3) is 0 Å². The Balaban J connectivity index is 1.60. The van der Waals surface area contributed by atoms with E-state index in [0.29, 0.717) is 17.3 Å². The summed E-state index contributed by atoms with van der Waals surface area (Å²) >= 11 is 5.84. The summed E-state index contributed by atoms with van der Waals surface area (Å²) in [4.78, 5) is 38.0. The summed E-state index contributed by atoms with van der Waals surface area (Å²) in [6.07, 6.45) is -1.14. The van der Waals surface area contributed by atoms with Crippen LogP contribution in [0.4, 0.5) is 15.3 Å². The molecule has 1 unspecified atom stereocenters. The SMILES string of the molecule is CN1CC(c2ccc(NC(=O)NCc3ccc(Cl)cc3)cc2)N(C(=O)O)CC1=O. The van der Waals surface area contributed by atoms with Crippen LogP contribution in [0.3, 0.4) is 0 Å². The van der Waals surface area contributed by atoms with Crippen LogP contribution in [0, 0.1) is 0 Å². The van der Waals surface area contributed by atoms with Gasteiger partial charge < -0.3 is 20.6 Å². The van der Waals surface area contributed by atoms with Crippen molar-refractivity contribution < 1.29 is 19.5 Å². The van der Waals surface area contributed by atoms with Crippen LogP contribution in [0.5, 0.6) is 0 Å². The second-order valence-corrected chi connectivity index (χ2v) is 7.19. The van der Waals surface area contributed by atoms with Gasteiger partial charge in [0.25, 0.3) is 0 Å². The number of likely N-dealkylation sites (N-methyl/N-ethyl adjacent to an activating group) is 1. The van der Waals surface area contributed by atoms with Gasteiger partial charge in [-0.1, -0.05) is 35.9 Å². The van der Waals surface area contributed by atoms with E-state index in [2.05, 4.69) is 10.6 Å². The minimum Gasteiger partial charge on any atom is -0.465 e. The lowest BCUT2D eigenvalue weighted by atomic mass is 10.0. The number of hydrogen-bond donors (Lipinski definition) is 3. The highest BCUT2D eigenvalue weighted by molar-refractivity contribution is 6.30. The standard InChI is InChI=1S/C20H21ClN4O4/c1-24-11-17(25(20(28)29)12-18(24)26)14-4-8-16(9-5-14)23-19(27)22-10-13-2-6-15(21)7-3-13/h2-9,17H,10-12H2,1H3,(H,28,29)(H2,22,23,27). The van der Waals surface area contributed by atoms with Crippen LogP contribution >= 0.6 is 11.6 Å². The molecule has 9 heteroatoms. The lowest BCUT2D eigenvalue weighted by molar-refractivity contribution is -0.135. The van der Waals surface area contributed by atoms with E-state index in [0.717, 1.165) is 16.0 Å². The summed E-state index contributed by atoms with van der Waals surface area (Å²) < 4.78 is 0. The third-order valence-corrected chi connectivity index (χ3v) is 4.97. The molecule has 152 valence electrons. The van der Waals surface area contributed by atoms with Crippen molar-refractivity contribution in [1.29, 1.82) is 0 Å². The Hall–Kier alpha value is -3.26. The highest BCUT2D eigenvalue weighted by atomic mass is 35.5. The number of hydrogen-bond acceptors (Lipinski definition) is 3. The number of nitrogens with one attached hydrogen (secondary N) is 2. The normalized spacial score (nSPS) is 16.5. The molecule has 2 aromatic rings. The van der Waals surface area contributed by atoms with Crippen molar-refractivity contribution >= 4 is 35.3 Å². The van der Waals surface area contributed by atoms with E-state index in [4.69, 9.17) is 11.6 Å². The number of benzene rings is 2. The summed E-state index contributed by atoms with van der Waals surface area (Å²) in [6, 6.07) is 13.3. The first-order valence-corrected chi connectivity index (χ1v) is 9.34. The third kappa shape index (κ3) is 5.17. The summed E-state index contributed by atoms with van der Waals surface area (Å²) in [5.74, 6) is -0.237. The molecule has 0 bridgehead atoms. The maximum absolute atomic E-state index is 12.1. The maximum atomic E-state index is 12.1.